The molecule has 23 heavy (non-hydrogen) atoms. The molecule has 1 fully saturated rings. The van der Waals surface area contributed by atoms with Gasteiger partial charge in [0.15, 0.2) is 0 Å². The molecule has 0 saturated carbocycles. The van der Waals surface area contributed by atoms with Crippen LogP contribution in [-0.4, -0.2) is 47.4 Å². The molecule has 1 aliphatic heterocycles. The van der Waals surface area contributed by atoms with Crippen molar-refractivity contribution in [1.82, 2.24) is 4.90 Å². The molecule has 6 nitrogen and oxygen atoms in total. The quantitative estimate of drug-likeness (QED) is 0.845. The van der Waals surface area contributed by atoms with Gasteiger partial charge in [-0.2, -0.15) is 0 Å². The van der Waals surface area contributed by atoms with Crippen molar-refractivity contribution in [3.05, 3.63) is 29.8 Å². The van der Waals surface area contributed by atoms with Crippen molar-refractivity contribution >= 4 is 23.5 Å². The summed E-state index contributed by atoms with van der Waals surface area (Å²) in [5.41, 5.74) is 0.0386. The molecule has 1 aromatic carbocycles. The number of carboxylic acid groups (broad SMARTS) is 1. The van der Waals surface area contributed by atoms with Crippen molar-refractivity contribution in [3.63, 3.8) is 0 Å². The zero-order chi connectivity index (χ0) is 17.3. The third-order valence-corrected chi connectivity index (χ3v) is 3.95. The molecular formula is C15H16F2N2O4. The number of halogens is 2. The second kappa shape index (κ2) is 6.31. The molecule has 8 heteroatoms. The van der Waals surface area contributed by atoms with Gasteiger partial charge < -0.3 is 14.9 Å². The van der Waals surface area contributed by atoms with E-state index in [4.69, 9.17) is 5.11 Å². The number of carbonyl (C=O) groups excluding carboxylic acids is 2. The molecule has 1 heterocycles. The van der Waals surface area contributed by atoms with Crippen LogP contribution in [0.2, 0.25) is 0 Å². The number of amides is 2. The average Bonchev–Trinajstić information content (AvgIpc) is 2.85. The van der Waals surface area contributed by atoms with Crippen LogP contribution in [-0.2, 0) is 14.4 Å². The lowest BCUT2D eigenvalue weighted by Gasteiger charge is -2.24. The minimum absolute atomic E-state index is 0.0386. The van der Waals surface area contributed by atoms with Crippen LogP contribution >= 0.6 is 0 Å². The summed E-state index contributed by atoms with van der Waals surface area (Å²) in [5, 5.41) is 8.93. The van der Waals surface area contributed by atoms with E-state index in [9.17, 15) is 23.2 Å². The molecule has 1 N–H and O–H groups in total. The van der Waals surface area contributed by atoms with E-state index in [2.05, 4.69) is 0 Å². The fourth-order valence-corrected chi connectivity index (χ4v) is 2.46. The zero-order valence-electron chi connectivity index (χ0n) is 12.6. The first kappa shape index (κ1) is 16.9. The Balaban J connectivity index is 2.18. The van der Waals surface area contributed by atoms with E-state index in [1.807, 2.05) is 0 Å². The summed E-state index contributed by atoms with van der Waals surface area (Å²) in [4.78, 5) is 37.7. The number of carbonyl (C=O) groups is 3. The predicted octanol–water partition coefficient (Wildman–Crippen LogP) is 1.25. The Bertz CT molecular complexity index is 645. The minimum Gasteiger partial charge on any atom is -0.480 e. The molecule has 2 atom stereocenters. The van der Waals surface area contributed by atoms with Gasteiger partial charge in [-0.05, 0) is 25.5 Å². The van der Waals surface area contributed by atoms with E-state index < -0.39 is 41.4 Å². The first-order chi connectivity index (χ1) is 10.7. The van der Waals surface area contributed by atoms with Crippen molar-refractivity contribution in [2.45, 2.75) is 19.4 Å². The number of rotatable bonds is 4. The van der Waals surface area contributed by atoms with E-state index in [1.54, 1.807) is 0 Å². The zero-order valence-corrected chi connectivity index (χ0v) is 12.6. The number of hydrogen-bond acceptors (Lipinski definition) is 3. The summed E-state index contributed by atoms with van der Waals surface area (Å²) < 4.78 is 26.5. The second-order valence-electron chi connectivity index (χ2n) is 5.42. The number of aliphatic carboxylic acids is 1. The fourth-order valence-electron chi connectivity index (χ4n) is 2.46. The highest BCUT2D eigenvalue weighted by atomic mass is 19.1. The molecular weight excluding hydrogens is 310 g/mol. The molecule has 1 aliphatic rings. The fraction of sp³-hybridized carbons (Fsp3) is 0.400. The van der Waals surface area contributed by atoms with Crippen LogP contribution < -0.4 is 4.90 Å². The number of anilines is 1. The molecule has 124 valence electrons. The van der Waals surface area contributed by atoms with Gasteiger partial charge in [-0.3, -0.25) is 9.59 Å². The van der Waals surface area contributed by atoms with E-state index in [0.717, 1.165) is 21.9 Å². The summed E-state index contributed by atoms with van der Waals surface area (Å²) >= 11 is 0. The molecule has 0 spiro atoms. The third kappa shape index (κ3) is 3.30. The Labute approximate surface area is 131 Å². The van der Waals surface area contributed by atoms with Crippen LogP contribution in [0.15, 0.2) is 18.2 Å². The maximum absolute atomic E-state index is 13.3. The van der Waals surface area contributed by atoms with Crippen LogP contribution in [0.5, 0.6) is 0 Å². The molecule has 0 aromatic heterocycles. The van der Waals surface area contributed by atoms with Crippen LogP contribution in [0.3, 0.4) is 0 Å². The van der Waals surface area contributed by atoms with Gasteiger partial charge in [0.25, 0.3) is 0 Å². The topological polar surface area (TPSA) is 77.9 Å². The van der Waals surface area contributed by atoms with Crippen molar-refractivity contribution in [1.29, 1.82) is 0 Å². The molecule has 2 unspecified atom stereocenters. The maximum atomic E-state index is 13.3. The van der Waals surface area contributed by atoms with E-state index in [0.29, 0.717) is 6.07 Å². The molecule has 0 radical (unpaired) electrons. The van der Waals surface area contributed by atoms with E-state index >= 15 is 0 Å². The van der Waals surface area contributed by atoms with Gasteiger partial charge in [0.05, 0.1) is 0 Å². The second-order valence-corrected chi connectivity index (χ2v) is 5.42. The minimum atomic E-state index is -1.18. The van der Waals surface area contributed by atoms with Crippen molar-refractivity contribution < 1.29 is 28.3 Å². The summed E-state index contributed by atoms with van der Waals surface area (Å²) in [6.45, 7) is 1.47. The van der Waals surface area contributed by atoms with Crippen molar-refractivity contribution in [2.75, 3.05) is 18.5 Å². The predicted molar refractivity (Wildman–Crippen MR) is 76.7 cm³/mol. The van der Waals surface area contributed by atoms with Crippen LogP contribution in [0.4, 0.5) is 14.5 Å². The smallest absolute Gasteiger partial charge is 0.326 e. The van der Waals surface area contributed by atoms with Gasteiger partial charge in [-0.25, -0.2) is 13.6 Å². The standard InChI is InChI=1S/C15H16F2N2O4/c1-8(15(22)23)18(2)13(20)12-3-4-19(14(12)21)11-6-9(16)5-10(17)7-11/h5-8,12H,3-4H2,1-2H3,(H,22,23). The normalized spacial score (nSPS) is 18.9. The Kier molecular flexibility index (Phi) is 4.63. The number of carboxylic acids is 1. The lowest BCUT2D eigenvalue weighted by Crippen LogP contribution is -2.45. The monoisotopic (exact) mass is 326 g/mol. The first-order valence-electron chi connectivity index (χ1n) is 6.99. The van der Waals surface area contributed by atoms with Gasteiger partial charge in [0, 0.05) is 25.3 Å². The van der Waals surface area contributed by atoms with Crippen LogP contribution in [0.25, 0.3) is 0 Å². The Morgan fingerprint density at radius 2 is 1.87 bits per heavy atom. The van der Waals surface area contributed by atoms with E-state index in [-0.39, 0.29) is 18.7 Å². The molecule has 1 aromatic rings. The molecule has 2 amide bonds. The summed E-state index contributed by atoms with van der Waals surface area (Å²) in [7, 11) is 1.30. The molecule has 0 aliphatic carbocycles. The Morgan fingerprint density at radius 3 is 2.39 bits per heavy atom. The molecule has 0 bridgehead atoms. The number of hydrogen-bond donors (Lipinski definition) is 1. The van der Waals surface area contributed by atoms with Crippen molar-refractivity contribution in [3.8, 4) is 0 Å². The van der Waals surface area contributed by atoms with Crippen LogP contribution in [0.1, 0.15) is 13.3 Å². The third-order valence-electron chi connectivity index (χ3n) is 3.95. The summed E-state index contributed by atoms with van der Waals surface area (Å²) in [6.07, 6.45) is 0.159. The number of nitrogens with zero attached hydrogens (tertiary/aromatic N) is 2. The highest BCUT2D eigenvalue weighted by Gasteiger charge is 2.40. The highest BCUT2D eigenvalue weighted by Crippen LogP contribution is 2.28. The maximum Gasteiger partial charge on any atom is 0.326 e. The summed E-state index contributed by atoms with van der Waals surface area (Å²) in [5.74, 6) is -5.09. The SMILES string of the molecule is CC(C(=O)O)N(C)C(=O)C1CCN(c2cc(F)cc(F)c2)C1=O. The van der Waals surface area contributed by atoms with Gasteiger partial charge >= 0.3 is 5.97 Å². The van der Waals surface area contributed by atoms with Gasteiger partial charge in [-0.1, -0.05) is 0 Å². The lowest BCUT2D eigenvalue weighted by molar-refractivity contribution is -0.151. The van der Waals surface area contributed by atoms with Gasteiger partial charge in [0.1, 0.15) is 23.6 Å². The summed E-state index contributed by atoms with van der Waals surface area (Å²) in [6, 6.07) is 1.64. The first-order valence-corrected chi connectivity index (χ1v) is 6.99. The van der Waals surface area contributed by atoms with Crippen molar-refractivity contribution in [2.24, 2.45) is 5.92 Å². The largest absolute Gasteiger partial charge is 0.480 e. The highest BCUT2D eigenvalue weighted by molar-refractivity contribution is 6.10. The van der Waals surface area contributed by atoms with E-state index in [1.165, 1.54) is 14.0 Å². The Hall–Kier alpha value is -2.51. The number of benzene rings is 1. The number of likely N-dealkylation sites (N-methyl/N-ethyl adjacent to an activating group) is 1. The van der Waals surface area contributed by atoms with Gasteiger partial charge in [0.2, 0.25) is 11.8 Å². The molecule has 2 rings (SSSR count). The average molecular weight is 326 g/mol. The lowest BCUT2D eigenvalue weighted by atomic mass is 10.1. The van der Waals surface area contributed by atoms with Crippen LogP contribution in [0, 0.1) is 17.6 Å². The molecule has 1 saturated heterocycles. The Morgan fingerprint density at radius 1 is 1.30 bits per heavy atom. The van der Waals surface area contributed by atoms with Gasteiger partial charge in [-0.15, -0.1) is 0 Å².